The first-order chi connectivity index (χ1) is 11.8. The van der Waals surface area contributed by atoms with Crippen LogP contribution >= 0.6 is 0 Å². The number of methoxy groups -OCH3 is 1. The summed E-state index contributed by atoms with van der Waals surface area (Å²) in [6.45, 7) is 6.20. The zero-order chi connectivity index (χ0) is 19.0. The highest BCUT2D eigenvalue weighted by atomic mass is 16.5. The van der Waals surface area contributed by atoms with Crippen LogP contribution in [0, 0.1) is 12.8 Å². The largest absolute Gasteiger partial charge is 0.383 e. The molecule has 0 fully saturated rings. The van der Waals surface area contributed by atoms with Crippen LogP contribution in [0.15, 0.2) is 18.2 Å². The van der Waals surface area contributed by atoms with Crippen LogP contribution in [-0.2, 0) is 9.53 Å². The third-order valence-corrected chi connectivity index (χ3v) is 3.59. The molecule has 25 heavy (non-hydrogen) atoms. The van der Waals surface area contributed by atoms with E-state index in [1.165, 1.54) is 0 Å². The molecule has 0 aliphatic heterocycles. The van der Waals surface area contributed by atoms with Crippen molar-refractivity contribution in [3.8, 4) is 0 Å². The molecule has 0 radical (unpaired) electrons. The number of primary amides is 1. The minimum absolute atomic E-state index is 0.123. The van der Waals surface area contributed by atoms with Crippen molar-refractivity contribution in [3.05, 3.63) is 29.3 Å². The van der Waals surface area contributed by atoms with Gasteiger partial charge in [0.25, 0.3) is 5.91 Å². The van der Waals surface area contributed by atoms with Crippen molar-refractivity contribution in [2.45, 2.75) is 26.8 Å². The maximum atomic E-state index is 12.1. The van der Waals surface area contributed by atoms with Gasteiger partial charge in [-0.3, -0.25) is 9.59 Å². The fraction of sp³-hybridized carbons (Fsp3) is 0.471. The van der Waals surface area contributed by atoms with Crippen LogP contribution in [0.5, 0.6) is 0 Å². The van der Waals surface area contributed by atoms with Gasteiger partial charge in [0.2, 0.25) is 5.91 Å². The van der Waals surface area contributed by atoms with Gasteiger partial charge in [-0.25, -0.2) is 4.79 Å². The Morgan fingerprint density at radius 1 is 1.24 bits per heavy atom. The summed E-state index contributed by atoms with van der Waals surface area (Å²) in [4.78, 5) is 35.4. The van der Waals surface area contributed by atoms with Gasteiger partial charge < -0.3 is 26.4 Å². The van der Waals surface area contributed by atoms with Gasteiger partial charge in [-0.05, 0) is 36.6 Å². The first-order valence-electron chi connectivity index (χ1n) is 8.00. The van der Waals surface area contributed by atoms with Gasteiger partial charge in [0.1, 0.15) is 6.04 Å². The maximum absolute atomic E-state index is 12.1. The average molecular weight is 350 g/mol. The number of nitrogens with one attached hydrogen (secondary N) is 3. The molecule has 0 aliphatic rings. The third kappa shape index (κ3) is 6.42. The predicted molar refractivity (Wildman–Crippen MR) is 95.4 cm³/mol. The van der Waals surface area contributed by atoms with Crippen molar-refractivity contribution in [3.63, 3.8) is 0 Å². The number of urea groups is 1. The first kappa shape index (κ1) is 20.4. The maximum Gasteiger partial charge on any atom is 0.319 e. The molecule has 1 rings (SSSR count). The van der Waals surface area contributed by atoms with E-state index in [9.17, 15) is 14.4 Å². The lowest BCUT2D eigenvalue weighted by Crippen LogP contribution is -2.49. The molecule has 0 heterocycles. The summed E-state index contributed by atoms with van der Waals surface area (Å²) >= 11 is 0. The number of hydrogen-bond donors (Lipinski definition) is 4. The number of hydrogen-bond acceptors (Lipinski definition) is 4. The number of benzene rings is 1. The molecular weight excluding hydrogens is 324 g/mol. The zero-order valence-corrected chi connectivity index (χ0v) is 15.0. The van der Waals surface area contributed by atoms with Crippen molar-refractivity contribution in [2.75, 3.05) is 25.6 Å². The van der Waals surface area contributed by atoms with E-state index in [2.05, 4.69) is 16.0 Å². The Labute approximate surface area is 147 Å². The summed E-state index contributed by atoms with van der Waals surface area (Å²) in [6, 6.07) is 3.63. The lowest BCUT2D eigenvalue weighted by molar-refractivity contribution is -0.120. The highest BCUT2D eigenvalue weighted by Crippen LogP contribution is 2.16. The molecule has 8 nitrogen and oxygen atoms in total. The molecule has 1 atom stereocenters. The second kappa shape index (κ2) is 9.63. The van der Waals surface area contributed by atoms with Crippen LogP contribution < -0.4 is 21.7 Å². The molecule has 0 aromatic heterocycles. The normalized spacial score (nSPS) is 11.7. The molecule has 0 unspecified atom stereocenters. The molecule has 8 heteroatoms. The number of aryl methyl sites for hydroxylation is 1. The van der Waals surface area contributed by atoms with E-state index in [0.717, 1.165) is 5.56 Å². The third-order valence-electron chi connectivity index (χ3n) is 3.59. The highest BCUT2D eigenvalue weighted by molar-refractivity contribution is 5.97. The van der Waals surface area contributed by atoms with Crippen LogP contribution in [-0.4, -0.2) is 44.1 Å². The molecule has 0 bridgehead atoms. The Balaban J connectivity index is 2.72. The quantitative estimate of drug-likeness (QED) is 0.522. The van der Waals surface area contributed by atoms with Gasteiger partial charge in [-0.2, -0.15) is 0 Å². The van der Waals surface area contributed by atoms with Crippen molar-refractivity contribution in [1.29, 1.82) is 0 Å². The number of anilines is 1. The van der Waals surface area contributed by atoms with Gasteiger partial charge in [0, 0.05) is 24.9 Å². The topological polar surface area (TPSA) is 123 Å². The van der Waals surface area contributed by atoms with Crippen LogP contribution in [0.2, 0.25) is 0 Å². The Bertz CT molecular complexity index is 631. The zero-order valence-electron chi connectivity index (χ0n) is 15.0. The predicted octanol–water partition coefficient (Wildman–Crippen LogP) is 1.00. The summed E-state index contributed by atoms with van der Waals surface area (Å²) in [7, 11) is 1.56. The van der Waals surface area contributed by atoms with Gasteiger partial charge in [-0.15, -0.1) is 0 Å². The van der Waals surface area contributed by atoms with E-state index in [1.807, 2.05) is 0 Å². The number of carbonyl (C=O) groups is 3. The highest BCUT2D eigenvalue weighted by Gasteiger charge is 2.21. The van der Waals surface area contributed by atoms with E-state index in [4.69, 9.17) is 10.5 Å². The van der Waals surface area contributed by atoms with Crippen molar-refractivity contribution in [2.24, 2.45) is 11.7 Å². The Kier molecular flexibility index (Phi) is 7.87. The number of nitrogens with two attached hydrogens (primary N) is 1. The summed E-state index contributed by atoms with van der Waals surface area (Å²) in [5, 5.41) is 7.93. The standard InChI is InChI=1S/C17H26N4O4/c1-10(2)14(15(18)22)21-17(24)20-13-6-5-12(9-11(13)3)16(23)19-7-8-25-4/h5-6,9-10,14H,7-8H2,1-4H3,(H2,18,22)(H,19,23)(H2,20,21,24)/t14-/m0/s1. The average Bonchev–Trinajstić information content (AvgIpc) is 2.54. The summed E-state index contributed by atoms with van der Waals surface area (Å²) in [6.07, 6.45) is 0. The minimum atomic E-state index is -0.758. The SMILES string of the molecule is COCCNC(=O)c1ccc(NC(=O)N[C@H](C(N)=O)C(C)C)c(C)c1. The molecule has 0 spiro atoms. The summed E-state index contributed by atoms with van der Waals surface area (Å²) in [5.74, 6) is -0.933. The molecule has 138 valence electrons. The Morgan fingerprint density at radius 2 is 1.92 bits per heavy atom. The fourth-order valence-electron chi connectivity index (χ4n) is 2.18. The molecule has 5 N–H and O–H groups in total. The van der Waals surface area contributed by atoms with E-state index in [1.54, 1.807) is 46.1 Å². The molecule has 0 saturated carbocycles. The second-order valence-corrected chi connectivity index (χ2v) is 6.00. The van der Waals surface area contributed by atoms with Crippen molar-refractivity contribution >= 4 is 23.5 Å². The van der Waals surface area contributed by atoms with E-state index >= 15 is 0 Å². The lowest BCUT2D eigenvalue weighted by atomic mass is 10.0. The Hall–Kier alpha value is -2.61. The Morgan fingerprint density at radius 3 is 2.44 bits per heavy atom. The molecule has 4 amide bonds. The van der Waals surface area contributed by atoms with E-state index < -0.39 is 18.0 Å². The second-order valence-electron chi connectivity index (χ2n) is 6.00. The van der Waals surface area contributed by atoms with E-state index in [0.29, 0.717) is 24.4 Å². The lowest BCUT2D eigenvalue weighted by Gasteiger charge is -2.19. The van der Waals surface area contributed by atoms with Crippen molar-refractivity contribution < 1.29 is 19.1 Å². The smallest absolute Gasteiger partial charge is 0.319 e. The number of rotatable bonds is 8. The van der Waals surface area contributed by atoms with Crippen LogP contribution in [0.3, 0.4) is 0 Å². The summed E-state index contributed by atoms with van der Waals surface area (Å²) in [5.41, 5.74) is 7.02. The summed E-state index contributed by atoms with van der Waals surface area (Å²) < 4.78 is 4.88. The van der Waals surface area contributed by atoms with Crippen LogP contribution in [0.25, 0.3) is 0 Å². The molecular formula is C17H26N4O4. The molecule has 1 aromatic rings. The number of ether oxygens (including phenoxy) is 1. The van der Waals surface area contributed by atoms with Gasteiger partial charge in [0.05, 0.1) is 6.61 Å². The first-order valence-corrected chi connectivity index (χ1v) is 8.00. The number of carbonyl (C=O) groups excluding carboxylic acids is 3. The number of amides is 4. The molecule has 1 aromatic carbocycles. The van der Waals surface area contributed by atoms with Crippen molar-refractivity contribution in [1.82, 2.24) is 10.6 Å². The molecule has 0 saturated heterocycles. The molecule has 0 aliphatic carbocycles. The van der Waals surface area contributed by atoms with Gasteiger partial charge in [-0.1, -0.05) is 13.8 Å². The van der Waals surface area contributed by atoms with Gasteiger partial charge in [0.15, 0.2) is 0 Å². The van der Waals surface area contributed by atoms with Crippen LogP contribution in [0.4, 0.5) is 10.5 Å². The van der Waals surface area contributed by atoms with E-state index in [-0.39, 0.29) is 11.8 Å². The van der Waals surface area contributed by atoms with Crippen LogP contribution in [0.1, 0.15) is 29.8 Å². The minimum Gasteiger partial charge on any atom is -0.383 e. The van der Waals surface area contributed by atoms with Gasteiger partial charge >= 0.3 is 6.03 Å². The monoisotopic (exact) mass is 350 g/mol. The fourth-order valence-corrected chi connectivity index (χ4v) is 2.18.